The molecule has 30 heavy (non-hydrogen) atoms. The number of allylic oxidation sites excluding steroid dienone is 4. The molecule has 4 aliphatic carbocycles. The van der Waals surface area contributed by atoms with Crippen molar-refractivity contribution in [3.05, 3.63) is 23.8 Å². The van der Waals surface area contributed by atoms with Crippen molar-refractivity contribution in [2.24, 2.45) is 22.7 Å². The lowest BCUT2D eigenvalue weighted by Gasteiger charge is -2.63. The fourth-order valence-electron chi connectivity index (χ4n) is 7.04. The zero-order valence-electron chi connectivity index (χ0n) is 18.1. The number of rotatable bonds is 3. The summed E-state index contributed by atoms with van der Waals surface area (Å²) in [6.07, 6.45) is 9.36. The molecule has 3 fully saturated rings. The number of thioether (sulfide) groups is 2. The van der Waals surface area contributed by atoms with Gasteiger partial charge in [0.1, 0.15) is 10.2 Å². The summed E-state index contributed by atoms with van der Waals surface area (Å²) < 4.78 is 22.5. The summed E-state index contributed by atoms with van der Waals surface area (Å²) in [6.45, 7) is 5.21. The van der Waals surface area contributed by atoms with Gasteiger partial charge in [0.15, 0.2) is 17.2 Å². The predicted molar refractivity (Wildman–Crippen MR) is 118 cm³/mol. The van der Waals surface area contributed by atoms with Crippen molar-refractivity contribution in [1.82, 2.24) is 0 Å². The van der Waals surface area contributed by atoms with Crippen molar-refractivity contribution in [2.75, 3.05) is 12.5 Å². The molecule has 4 rings (SSSR count). The summed E-state index contributed by atoms with van der Waals surface area (Å²) in [4.78, 5) is 37.4. The van der Waals surface area contributed by atoms with E-state index < -0.39 is 38.6 Å². The Balaban J connectivity index is 1.90. The highest BCUT2D eigenvalue weighted by Crippen LogP contribution is 2.72. The molecule has 0 aliphatic heterocycles. The van der Waals surface area contributed by atoms with Crippen LogP contribution >= 0.6 is 23.5 Å². The fourth-order valence-corrected chi connectivity index (χ4v) is 9.73. The van der Waals surface area contributed by atoms with Gasteiger partial charge in [-0.1, -0.05) is 18.6 Å². The average Bonchev–Trinajstić information content (AvgIpc) is 2.89. The number of ether oxygens (including phenoxy) is 1. The van der Waals surface area contributed by atoms with Crippen LogP contribution in [0, 0.1) is 22.7 Å². The maximum atomic E-state index is 17.5. The summed E-state index contributed by atoms with van der Waals surface area (Å²) >= 11 is 3.07. The van der Waals surface area contributed by atoms with E-state index in [0.717, 1.165) is 5.57 Å². The molecule has 0 saturated heterocycles. The van der Waals surface area contributed by atoms with Gasteiger partial charge in [0.2, 0.25) is 0 Å². The van der Waals surface area contributed by atoms with E-state index in [2.05, 4.69) is 6.92 Å². The second-order valence-electron chi connectivity index (χ2n) is 9.50. The molecule has 0 heterocycles. The molecule has 4 aliphatic rings. The van der Waals surface area contributed by atoms with E-state index in [1.165, 1.54) is 36.5 Å². The van der Waals surface area contributed by atoms with E-state index >= 15 is 4.39 Å². The average molecular weight is 453 g/mol. The fraction of sp³-hybridized carbons (Fsp3) is 0.696. The summed E-state index contributed by atoms with van der Waals surface area (Å²) in [7, 11) is 0. The van der Waals surface area contributed by atoms with Gasteiger partial charge in [0.05, 0.1) is 0 Å². The number of fused-ring (bicyclic) bond motifs is 5. The van der Waals surface area contributed by atoms with E-state index in [4.69, 9.17) is 4.74 Å². The third-order valence-corrected chi connectivity index (χ3v) is 12.0. The minimum absolute atomic E-state index is 0.131. The summed E-state index contributed by atoms with van der Waals surface area (Å²) in [5.41, 5.74) is -2.62. The first-order valence-electron chi connectivity index (χ1n) is 10.4. The van der Waals surface area contributed by atoms with Gasteiger partial charge in [-0.3, -0.25) is 14.4 Å². The highest BCUT2D eigenvalue weighted by Gasteiger charge is 2.76. The van der Waals surface area contributed by atoms with Gasteiger partial charge in [0, 0.05) is 30.1 Å². The molecule has 0 aromatic heterocycles. The van der Waals surface area contributed by atoms with Crippen LogP contribution in [-0.2, 0) is 19.1 Å². The van der Waals surface area contributed by atoms with E-state index in [-0.39, 0.29) is 17.5 Å². The minimum Gasteiger partial charge on any atom is -0.459 e. The van der Waals surface area contributed by atoms with Crippen molar-refractivity contribution >= 4 is 41.1 Å². The Kier molecular flexibility index (Phi) is 5.13. The molecule has 0 aromatic rings. The van der Waals surface area contributed by atoms with Gasteiger partial charge in [-0.05, 0) is 56.8 Å². The number of carbonyl (C=O) groups is 3. The van der Waals surface area contributed by atoms with Gasteiger partial charge in [-0.25, -0.2) is 4.39 Å². The molecular weight excluding hydrogens is 423 g/mol. The number of ketones is 2. The summed E-state index contributed by atoms with van der Waals surface area (Å²) in [5, 5.41) is 0. The number of hydrogen-bond donors (Lipinski definition) is 0. The first-order chi connectivity index (χ1) is 14.0. The number of carbonyl (C=O) groups excluding carboxylic acids is 3. The second kappa shape index (κ2) is 6.96. The molecule has 0 N–H and O–H groups in total. The van der Waals surface area contributed by atoms with Crippen LogP contribution in [0.2, 0.25) is 0 Å². The highest BCUT2D eigenvalue weighted by atomic mass is 32.2. The van der Waals surface area contributed by atoms with Crippen LogP contribution in [0.4, 0.5) is 4.39 Å². The monoisotopic (exact) mass is 452 g/mol. The van der Waals surface area contributed by atoms with Crippen LogP contribution in [0.3, 0.4) is 0 Å². The number of hydrogen-bond acceptors (Lipinski definition) is 6. The second-order valence-corrected chi connectivity index (χ2v) is 11.8. The molecule has 0 radical (unpaired) electrons. The molecule has 0 amide bonds. The van der Waals surface area contributed by atoms with Gasteiger partial charge < -0.3 is 4.74 Å². The Morgan fingerprint density at radius 3 is 2.47 bits per heavy atom. The van der Waals surface area contributed by atoms with Crippen LogP contribution in [0.5, 0.6) is 0 Å². The lowest BCUT2D eigenvalue weighted by Crippen LogP contribution is -2.68. The van der Waals surface area contributed by atoms with Crippen LogP contribution in [0.1, 0.15) is 46.5 Å². The van der Waals surface area contributed by atoms with Crippen molar-refractivity contribution in [3.8, 4) is 0 Å². The van der Waals surface area contributed by atoms with Gasteiger partial charge in [-0.2, -0.15) is 0 Å². The smallest absolute Gasteiger partial charge is 0.303 e. The van der Waals surface area contributed by atoms with E-state index in [0.29, 0.717) is 25.7 Å². The van der Waals surface area contributed by atoms with Crippen molar-refractivity contribution in [2.45, 2.75) is 62.3 Å². The molecular formula is C23H29FO4S2. The summed E-state index contributed by atoms with van der Waals surface area (Å²) in [6, 6.07) is 0. The third-order valence-electron chi connectivity index (χ3n) is 8.41. The van der Waals surface area contributed by atoms with Crippen LogP contribution < -0.4 is 0 Å². The van der Waals surface area contributed by atoms with Crippen LogP contribution in [-0.4, -0.2) is 45.9 Å². The molecule has 3 saturated carbocycles. The Morgan fingerprint density at radius 2 is 1.87 bits per heavy atom. The quantitative estimate of drug-likeness (QED) is 0.463. The van der Waals surface area contributed by atoms with Gasteiger partial charge in [0.25, 0.3) is 0 Å². The number of alkyl halides is 1. The van der Waals surface area contributed by atoms with Crippen LogP contribution in [0.25, 0.3) is 0 Å². The van der Waals surface area contributed by atoms with Crippen molar-refractivity contribution < 1.29 is 23.5 Å². The molecule has 7 heteroatoms. The van der Waals surface area contributed by atoms with E-state index in [9.17, 15) is 14.4 Å². The number of esters is 1. The predicted octanol–water partition coefficient (Wildman–Crippen LogP) is 4.53. The standard InChI is InChI=1S/C23H29FO4S2/c1-13(25)28-19-12-21(3)17(11-18(27)23(21,29-4)30-5)16-7-6-14-10-15(26)8-9-20(14,2)22(16,19)24/h8-10,16-17,19H,6-7,11-12H2,1-5H3/t16-,17-,19-,20-,21-,22?/m0/s1. The molecule has 164 valence electrons. The lowest BCUT2D eigenvalue weighted by atomic mass is 9.46. The normalized spacial score (nSPS) is 44.1. The third kappa shape index (κ3) is 2.51. The first kappa shape index (κ1) is 22.1. The number of Topliss-reactive ketones (excluding diaryl/α,β-unsaturated/α-hetero) is 1. The zero-order chi connectivity index (χ0) is 22.1. The zero-order valence-corrected chi connectivity index (χ0v) is 19.8. The topological polar surface area (TPSA) is 60.4 Å². The van der Waals surface area contributed by atoms with Gasteiger partial charge in [-0.15, -0.1) is 23.5 Å². The molecule has 1 unspecified atom stereocenters. The van der Waals surface area contributed by atoms with Crippen LogP contribution in [0.15, 0.2) is 23.8 Å². The van der Waals surface area contributed by atoms with E-state index in [1.54, 1.807) is 12.2 Å². The maximum Gasteiger partial charge on any atom is 0.303 e. The minimum atomic E-state index is -1.86. The first-order valence-corrected chi connectivity index (χ1v) is 12.9. The molecule has 6 atom stereocenters. The molecule has 0 bridgehead atoms. The molecule has 0 spiro atoms. The highest BCUT2D eigenvalue weighted by molar-refractivity contribution is 8.18. The Labute approximate surface area is 185 Å². The number of halogens is 1. The SMILES string of the molecule is CSC1(SC)C(=O)C[C@H]2[C@@H]3CCC4=CC(=O)C=C[C@]4(C)C3(F)[C@@H](OC(C)=O)C[C@@]21C. The maximum absolute atomic E-state index is 17.5. The van der Waals surface area contributed by atoms with Crippen molar-refractivity contribution in [1.29, 1.82) is 0 Å². The Morgan fingerprint density at radius 1 is 1.20 bits per heavy atom. The molecule has 0 aromatic carbocycles. The summed E-state index contributed by atoms with van der Waals surface area (Å²) in [5.74, 6) is -1.05. The van der Waals surface area contributed by atoms with Gasteiger partial charge >= 0.3 is 5.97 Å². The Bertz CT molecular complexity index is 878. The van der Waals surface area contributed by atoms with Crippen molar-refractivity contribution in [3.63, 3.8) is 0 Å². The van der Waals surface area contributed by atoms with E-state index in [1.807, 2.05) is 19.4 Å². The lowest BCUT2D eigenvalue weighted by molar-refractivity contribution is -0.209. The largest absolute Gasteiger partial charge is 0.459 e. The Hall–Kier alpha value is -1.08. The molecule has 4 nitrogen and oxygen atoms in total.